The summed E-state index contributed by atoms with van der Waals surface area (Å²) < 4.78 is 7.25. The van der Waals surface area contributed by atoms with Gasteiger partial charge in [0.25, 0.3) is 0 Å². The summed E-state index contributed by atoms with van der Waals surface area (Å²) >= 11 is 0. The summed E-state index contributed by atoms with van der Waals surface area (Å²) in [5, 5.41) is 13.2. The molecular weight excluding hydrogens is 370 g/mol. The van der Waals surface area contributed by atoms with E-state index in [1.54, 1.807) is 4.68 Å². The van der Waals surface area contributed by atoms with Crippen molar-refractivity contribution in [2.24, 2.45) is 0 Å². The van der Waals surface area contributed by atoms with Gasteiger partial charge in [-0.25, -0.2) is 14.3 Å². The van der Waals surface area contributed by atoms with Crippen molar-refractivity contribution in [3.63, 3.8) is 0 Å². The number of carboxylic acid groups (broad SMARTS) is 1. The van der Waals surface area contributed by atoms with Gasteiger partial charge in [0.2, 0.25) is 0 Å². The lowest BCUT2D eigenvalue weighted by atomic mass is 9.98. The number of carbonyl (C=O) groups is 2. The average Bonchev–Trinajstić information content (AvgIpc) is 3.32. The summed E-state index contributed by atoms with van der Waals surface area (Å²) in [5.74, 6) is -0.666. The monoisotopic (exact) mass is 389 g/mol. The molecule has 29 heavy (non-hydrogen) atoms. The maximum absolute atomic E-state index is 12.8. The van der Waals surface area contributed by atoms with Crippen molar-refractivity contribution in [3.8, 4) is 11.1 Å². The van der Waals surface area contributed by atoms with Gasteiger partial charge in [-0.15, -0.1) is 0 Å². The van der Waals surface area contributed by atoms with Gasteiger partial charge in [0, 0.05) is 25.1 Å². The third kappa shape index (κ3) is 2.86. The largest absolute Gasteiger partial charge is 0.476 e. The zero-order valence-electron chi connectivity index (χ0n) is 15.6. The molecule has 0 radical (unpaired) electrons. The second-order valence-electron chi connectivity index (χ2n) is 7.23. The number of aromatic carboxylic acids is 1. The molecule has 0 spiro atoms. The van der Waals surface area contributed by atoms with Crippen LogP contribution in [0, 0.1) is 0 Å². The summed E-state index contributed by atoms with van der Waals surface area (Å²) in [6.07, 6.45) is 0.211. The topological polar surface area (TPSA) is 84.7 Å². The number of hydrogen-bond acceptors (Lipinski definition) is 4. The molecule has 0 saturated carbocycles. The molecule has 1 aliphatic heterocycles. The normalized spacial score (nSPS) is 14.8. The number of hydrogen-bond donors (Lipinski definition) is 1. The van der Waals surface area contributed by atoms with Crippen molar-refractivity contribution in [2.45, 2.75) is 18.9 Å². The zero-order chi connectivity index (χ0) is 20.0. The molecule has 1 aliphatic carbocycles. The third-order valence-electron chi connectivity index (χ3n) is 5.56. The predicted octanol–water partition coefficient (Wildman–Crippen LogP) is 3.74. The highest BCUT2D eigenvalue weighted by atomic mass is 16.6. The molecule has 7 nitrogen and oxygen atoms in total. The van der Waals surface area contributed by atoms with Crippen LogP contribution in [0.1, 0.15) is 34.0 Å². The first-order valence-electron chi connectivity index (χ1n) is 9.57. The molecule has 7 heteroatoms. The summed E-state index contributed by atoms with van der Waals surface area (Å²) in [5.41, 5.74) is 4.58. The first-order chi connectivity index (χ1) is 14.1. The number of nitrogens with zero attached hydrogens (tertiary/aromatic N) is 3. The predicted molar refractivity (Wildman–Crippen MR) is 106 cm³/mol. The first kappa shape index (κ1) is 17.5. The van der Waals surface area contributed by atoms with E-state index in [-0.39, 0.29) is 18.2 Å². The van der Waals surface area contributed by atoms with Gasteiger partial charge in [-0.2, -0.15) is 5.10 Å². The van der Waals surface area contributed by atoms with E-state index < -0.39 is 12.1 Å². The Morgan fingerprint density at radius 1 is 1.03 bits per heavy atom. The van der Waals surface area contributed by atoms with Crippen LogP contribution >= 0.6 is 0 Å². The first-order valence-corrected chi connectivity index (χ1v) is 9.57. The minimum atomic E-state index is -1.11. The Kier molecular flexibility index (Phi) is 4.08. The van der Waals surface area contributed by atoms with Crippen molar-refractivity contribution in [1.29, 1.82) is 0 Å². The third-order valence-corrected chi connectivity index (χ3v) is 5.56. The van der Waals surface area contributed by atoms with Crippen molar-refractivity contribution in [1.82, 2.24) is 9.78 Å². The smallest absolute Gasteiger partial charge is 0.415 e. The maximum atomic E-state index is 12.8. The quantitative estimate of drug-likeness (QED) is 0.738. The van der Waals surface area contributed by atoms with Gasteiger partial charge >= 0.3 is 12.1 Å². The highest BCUT2D eigenvalue weighted by molar-refractivity contribution is 5.91. The van der Waals surface area contributed by atoms with Gasteiger partial charge in [0.05, 0.1) is 0 Å². The van der Waals surface area contributed by atoms with Crippen molar-refractivity contribution >= 4 is 17.9 Å². The molecule has 1 aromatic heterocycles. The Balaban J connectivity index is 1.38. The van der Waals surface area contributed by atoms with Crippen LogP contribution in [0.5, 0.6) is 0 Å². The van der Waals surface area contributed by atoms with E-state index >= 15 is 0 Å². The van der Waals surface area contributed by atoms with Crippen LogP contribution in [-0.2, 0) is 11.3 Å². The number of rotatable bonds is 3. The number of fused-ring (bicyclic) bond motifs is 4. The number of aryl methyl sites for hydroxylation is 1. The lowest BCUT2D eigenvalue weighted by Gasteiger charge is -2.27. The number of amides is 1. The summed E-state index contributed by atoms with van der Waals surface area (Å²) in [7, 11) is 0. The van der Waals surface area contributed by atoms with Gasteiger partial charge in [0.15, 0.2) is 5.69 Å². The molecule has 0 fully saturated rings. The van der Waals surface area contributed by atoms with E-state index in [9.17, 15) is 14.7 Å². The summed E-state index contributed by atoms with van der Waals surface area (Å²) in [6, 6.07) is 17.8. The molecule has 0 unspecified atom stereocenters. The van der Waals surface area contributed by atoms with E-state index in [1.807, 2.05) is 24.3 Å². The number of carboxylic acids is 1. The van der Waals surface area contributed by atoms with Crippen LogP contribution < -0.4 is 4.90 Å². The molecular formula is C22H19N3O4. The number of aromatic nitrogens is 2. The van der Waals surface area contributed by atoms with Crippen LogP contribution in [-0.4, -0.2) is 40.1 Å². The van der Waals surface area contributed by atoms with E-state index in [1.165, 1.54) is 22.1 Å². The van der Waals surface area contributed by atoms with Gasteiger partial charge in [-0.1, -0.05) is 48.5 Å². The molecule has 1 amide bonds. The minimum absolute atomic E-state index is 0.0179. The molecule has 3 aromatic rings. The highest BCUT2D eigenvalue weighted by Crippen LogP contribution is 2.44. The average molecular weight is 389 g/mol. The number of anilines is 1. The van der Waals surface area contributed by atoms with Crippen molar-refractivity contribution in [3.05, 3.63) is 71.4 Å². The summed E-state index contributed by atoms with van der Waals surface area (Å²) in [6.45, 7) is 1.28. The van der Waals surface area contributed by atoms with Gasteiger partial charge in [-0.3, -0.25) is 4.90 Å². The molecule has 0 saturated heterocycles. The lowest BCUT2D eigenvalue weighted by Crippen LogP contribution is -2.38. The van der Waals surface area contributed by atoms with Gasteiger partial charge < -0.3 is 9.84 Å². The van der Waals surface area contributed by atoms with Crippen LogP contribution in [0.15, 0.2) is 54.6 Å². The Morgan fingerprint density at radius 3 is 2.34 bits per heavy atom. The Hall–Kier alpha value is -3.61. The van der Waals surface area contributed by atoms with E-state index in [4.69, 9.17) is 4.74 Å². The summed E-state index contributed by atoms with van der Waals surface area (Å²) in [4.78, 5) is 25.5. The standard InChI is InChI=1S/C22H19N3O4/c26-21(27)19-12-20-24(10-5-11-25(20)23-19)22(28)29-13-18-16-8-3-1-6-14(16)15-7-2-4-9-17(15)18/h1-4,6-9,12,18H,5,10-11,13H2,(H,26,27). The van der Waals surface area contributed by atoms with Crippen LogP contribution in [0.3, 0.4) is 0 Å². The fourth-order valence-corrected chi connectivity index (χ4v) is 4.24. The lowest BCUT2D eigenvalue weighted by molar-refractivity contribution is 0.0689. The maximum Gasteiger partial charge on any atom is 0.415 e. The molecule has 2 aliphatic rings. The molecule has 5 rings (SSSR count). The van der Waals surface area contributed by atoms with Crippen molar-refractivity contribution in [2.75, 3.05) is 18.1 Å². The number of benzene rings is 2. The molecule has 0 bridgehead atoms. The minimum Gasteiger partial charge on any atom is -0.476 e. The van der Waals surface area contributed by atoms with Gasteiger partial charge in [0.1, 0.15) is 12.4 Å². The number of ether oxygens (including phenoxy) is 1. The SMILES string of the molecule is O=C(O)c1cc2n(n1)CCCN2C(=O)OCC1c2ccccc2-c2ccccc21. The second kappa shape index (κ2) is 6.77. The van der Waals surface area contributed by atoms with Crippen LogP contribution in [0.2, 0.25) is 0 Å². The number of carbonyl (C=O) groups excluding carboxylic acids is 1. The van der Waals surface area contributed by atoms with Gasteiger partial charge in [-0.05, 0) is 28.7 Å². The fraction of sp³-hybridized carbons (Fsp3) is 0.227. The Labute approximate surface area is 167 Å². The zero-order valence-corrected chi connectivity index (χ0v) is 15.6. The second-order valence-corrected chi connectivity index (χ2v) is 7.23. The molecule has 2 heterocycles. The van der Waals surface area contributed by atoms with E-state index in [0.29, 0.717) is 25.3 Å². The van der Waals surface area contributed by atoms with E-state index in [2.05, 4.69) is 29.4 Å². The van der Waals surface area contributed by atoms with Crippen molar-refractivity contribution < 1.29 is 19.4 Å². The van der Waals surface area contributed by atoms with Crippen LogP contribution in [0.4, 0.5) is 10.6 Å². The highest BCUT2D eigenvalue weighted by Gasteiger charge is 2.31. The molecule has 146 valence electrons. The van der Waals surface area contributed by atoms with Crippen LogP contribution in [0.25, 0.3) is 11.1 Å². The fourth-order valence-electron chi connectivity index (χ4n) is 4.24. The Morgan fingerprint density at radius 2 is 1.69 bits per heavy atom. The Bertz CT molecular complexity index is 1080. The van der Waals surface area contributed by atoms with E-state index in [0.717, 1.165) is 11.1 Å². The molecule has 0 atom stereocenters. The molecule has 1 N–H and O–H groups in total. The molecule has 2 aromatic carbocycles.